The lowest BCUT2D eigenvalue weighted by Gasteiger charge is -2.08. The van der Waals surface area contributed by atoms with Gasteiger partial charge < -0.3 is 15.8 Å². The standard InChI is InChI=1S/C19H22N2O2/c1-13(2)15-7-4-14(5-8-15)6-11-19(22)21-18-10-9-16(23-3)12-17(18)20/h4-13H,20H2,1-3H3,(H,21,22)/b11-6+. The molecule has 2 rings (SSSR count). The van der Waals surface area contributed by atoms with Gasteiger partial charge in [-0.3, -0.25) is 4.79 Å². The summed E-state index contributed by atoms with van der Waals surface area (Å²) >= 11 is 0. The van der Waals surface area contributed by atoms with Crippen molar-refractivity contribution in [3.63, 3.8) is 0 Å². The molecular weight excluding hydrogens is 288 g/mol. The molecule has 120 valence electrons. The van der Waals surface area contributed by atoms with Crippen molar-refractivity contribution in [2.45, 2.75) is 19.8 Å². The lowest BCUT2D eigenvalue weighted by Crippen LogP contribution is -2.09. The summed E-state index contributed by atoms with van der Waals surface area (Å²) < 4.78 is 5.08. The van der Waals surface area contributed by atoms with Crippen molar-refractivity contribution in [3.05, 3.63) is 59.7 Å². The van der Waals surface area contributed by atoms with Gasteiger partial charge in [0.2, 0.25) is 5.91 Å². The first-order valence-corrected chi connectivity index (χ1v) is 7.52. The van der Waals surface area contributed by atoms with Gasteiger partial charge in [-0.15, -0.1) is 0 Å². The fourth-order valence-electron chi connectivity index (χ4n) is 2.12. The van der Waals surface area contributed by atoms with Crippen LogP contribution in [0.25, 0.3) is 6.08 Å². The number of amides is 1. The van der Waals surface area contributed by atoms with Crippen LogP contribution >= 0.6 is 0 Å². The predicted octanol–water partition coefficient (Wildman–Crippen LogP) is 4.05. The molecule has 4 nitrogen and oxygen atoms in total. The summed E-state index contributed by atoms with van der Waals surface area (Å²) in [5.74, 6) is 0.922. The second kappa shape index (κ2) is 7.49. The molecule has 2 aromatic carbocycles. The molecule has 4 heteroatoms. The molecule has 1 amide bonds. The highest BCUT2D eigenvalue weighted by molar-refractivity contribution is 6.03. The highest BCUT2D eigenvalue weighted by Gasteiger charge is 2.04. The third-order valence-electron chi connectivity index (χ3n) is 3.55. The number of hydrogen-bond acceptors (Lipinski definition) is 3. The van der Waals surface area contributed by atoms with E-state index in [1.165, 1.54) is 11.6 Å². The molecule has 0 aliphatic rings. The molecule has 0 aliphatic heterocycles. The molecule has 0 aliphatic carbocycles. The van der Waals surface area contributed by atoms with Crippen molar-refractivity contribution < 1.29 is 9.53 Å². The van der Waals surface area contributed by atoms with Crippen molar-refractivity contribution in [2.24, 2.45) is 0 Å². The van der Waals surface area contributed by atoms with Crippen molar-refractivity contribution in [2.75, 3.05) is 18.2 Å². The number of nitrogens with two attached hydrogens (primary N) is 1. The van der Waals surface area contributed by atoms with Crippen LogP contribution in [-0.4, -0.2) is 13.0 Å². The molecule has 0 saturated heterocycles. The van der Waals surface area contributed by atoms with Gasteiger partial charge in [0.05, 0.1) is 18.5 Å². The van der Waals surface area contributed by atoms with Crippen LogP contribution in [0.2, 0.25) is 0 Å². The Hall–Kier alpha value is -2.75. The molecular formula is C19H22N2O2. The molecule has 0 atom stereocenters. The number of carbonyl (C=O) groups is 1. The average molecular weight is 310 g/mol. The topological polar surface area (TPSA) is 64.3 Å². The zero-order valence-corrected chi connectivity index (χ0v) is 13.7. The summed E-state index contributed by atoms with van der Waals surface area (Å²) in [7, 11) is 1.57. The Kier molecular flexibility index (Phi) is 5.41. The quantitative estimate of drug-likeness (QED) is 0.647. The van der Waals surface area contributed by atoms with Crippen LogP contribution in [0.4, 0.5) is 11.4 Å². The van der Waals surface area contributed by atoms with Gasteiger partial charge in [0.15, 0.2) is 0 Å². The zero-order chi connectivity index (χ0) is 16.8. The maximum absolute atomic E-state index is 12.0. The summed E-state index contributed by atoms with van der Waals surface area (Å²) in [6.07, 6.45) is 3.27. The molecule has 0 radical (unpaired) electrons. The van der Waals surface area contributed by atoms with E-state index in [0.29, 0.717) is 23.0 Å². The lowest BCUT2D eigenvalue weighted by atomic mass is 10.0. The molecule has 0 bridgehead atoms. The van der Waals surface area contributed by atoms with Crippen molar-refractivity contribution in [1.82, 2.24) is 0 Å². The van der Waals surface area contributed by atoms with E-state index in [1.54, 1.807) is 31.4 Å². The summed E-state index contributed by atoms with van der Waals surface area (Å²) in [5, 5.41) is 2.76. The highest BCUT2D eigenvalue weighted by Crippen LogP contribution is 2.24. The normalized spacial score (nSPS) is 11.0. The summed E-state index contributed by atoms with van der Waals surface area (Å²) in [6, 6.07) is 13.3. The Morgan fingerprint density at radius 3 is 2.43 bits per heavy atom. The van der Waals surface area contributed by atoms with Gasteiger partial charge in [-0.2, -0.15) is 0 Å². The van der Waals surface area contributed by atoms with E-state index < -0.39 is 0 Å². The van der Waals surface area contributed by atoms with Crippen LogP contribution in [0.5, 0.6) is 5.75 Å². The molecule has 2 aromatic rings. The molecule has 0 spiro atoms. The zero-order valence-electron chi connectivity index (χ0n) is 13.7. The highest BCUT2D eigenvalue weighted by atomic mass is 16.5. The largest absolute Gasteiger partial charge is 0.497 e. The Labute approximate surface area is 137 Å². The first kappa shape index (κ1) is 16.6. The number of rotatable bonds is 5. The molecule has 3 N–H and O–H groups in total. The van der Waals surface area contributed by atoms with Gasteiger partial charge in [0, 0.05) is 12.1 Å². The van der Waals surface area contributed by atoms with E-state index in [9.17, 15) is 4.79 Å². The van der Waals surface area contributed by atoms with Crippen molar-refractivity contribution in [3.8, 4) is 5.75 Å². The smallest absolute Gasteiger partial charge is 0.248 e. The number of carbonyl (C=O) groups excluding carboxylic acids is 1. The summed E-state index contributed by atoms with van der Waals surface area (Å²) in [5.41, 5.74) is 9.16. The summed E-state index contributed by atoms with van der Waals surface area (Å²) in [6.45, 7) is 4.30. The lowest BCUT2D eigenvalue weighted by molar-refractivity contribution is -0.111. The van der Waals surface area contributed by atoms with Crippen LogP contribution in [-0.2, 0) is 4.79 Å². The van der Waals surface area contributed by atoms with Crippen molar-refractivity contribution in [1.29, 1.82) is 0 Å². The number of anilines is 2. The van der Waals surface area contributed by atoms with Crippen LogP contribution in [0, 0.1) is 0 Å². The molecule has 0 unspecified atom stereocenters. The maximum atomic E-state index is 12.0. The van der Waals surface area contributed by atoms with Crippen LogP contribution in [0.3, 0.4) is 0 Å². The van der Waals surface area contributed by atoms with Gasteiger partial charge >= 0.3 is 0 Å². The number of nitrogens with one attached hydrogen (secondary N) is 1. The van der Waals surface area contributed by atoms with E-state index in [1.807, 2.05) is 12.1 Å². The number of methoxy groups -OCH3 is 1. The van der Waals surface area contributed by atoms with Gasteiger partial charge in [-0.25, -0.2) is 0 Å². The minimum Gasteiger partial charge on any atom is -0.497 e. The third kappa shape index (κ3) is 4.61. The Balaban J connectivity index is 2.01. The van der Waals surface area contributed by atoms with Crippen LogP contribution in [0.15, 0.2) is 48.5 Å². The summed E-state index contributed by atoms with van der Waals surface area (Å²) in [4.78, 5) is 12.0. The molecule has 0 fully saturated rings. The number of nitrogen functional groups attached to an aromatic ring is 1. The predicted molar refractivity (Wildman–Crippen MR) is 95.6 cm³/mol. The molecule has 23 heavy (non-hydrogen) atoms. The minimum atomic E-state index is -0.227. The first-order chi connectivity index (χ1) is 11.0. The Morgan fingerprint density at radius 2 is 1.87 bits per heavy atom. The minimum absolute atomic E-state index is 0.227. The van der Waals surface area contributed by atoms with E-state index in [-0.39, 0.29) is 5.91 Å². The van der Waals surface area contributed by atoms with Crippen LogP contribution in [0.1, 0.15) is 30.9 Å². The third-order valence-corrected chi connectivity index (χ3v) is 3.55. The second-order valence-corrected chi connectivity index (χ2v) is 5.60. The SMILES string of the molecule is COc1ccc(NC(=O)/C=C/c2ccc(C(C)C)cc2)c(N)c1. The van der Waals surface area contributed by atoms with Gasteiger partial charge in [0.1, 0.15) is 5.75 Å². The van der Waals surface area contributed by atoms with Crippen LogP contribution < -0.4 is 15.8 Å². The average Bonchev–Trinajstić information content (AvgIpc) is 2.55. The number of benzene rings is 2. The fourth-order valence-corrected chi connectivity index (χ4v) is 2.12. The van der Waals surface area contributed by atoms with E-state index in [4.69, 9.17) is 10.5 Å². The van der Waals surface area contributed by atoms with E-state index in [0.717, 1.165) is 5.56 Å². The van der Waals surface area contributed by atoms with Crippen molar-refractivity contribution >= 4 is 23.4 Å². The van der Waals surface area contributed by atoms with E-state index >= 15 is 0 Å². The Morgan fingerprint density at radius 1 is 1.17 bits per heavy atom. The number of ether oxygens (including phenoxy) is 1. The van der Waals surface area contributed by atoms with Gasteiger partial charge in [-0.05, 0) is 35.3 Å². The fraction of sp³-hybridized carbons (Fsp3) is 0.211. The van der Waals surface area contributed by atoms with E-state index in [2.05, 4.69) is 31.3 Å². The molecule has 0 saturated carbocycles. The Bertz CT molecular complexity index is 704. The maximum Gasteiger partial charge on any atom is 0.248 e. The second-order valence-electron chi connectivity index (χ2n) is 5.60. The molecule has 0 heterocycles. The first-order valence-electron chi connectivity index (χ1n) is 7.52. The van der Waals surface area contributed by atoms with Gasteiger partial charge in [0.25, 0.3) is 0 Å². The van der Waals surface area contributed by atoms with Gasteiger partial charge in [-0.1, -0.05) is 38.1 Å². The molecule has 0 aromatic heterocycles. The monoisotopic (exact) mass is 310 g/mol. The number of hydrogen-bond donors (Lipinski definition) is 2.